The van der Waals surface area contributed by atoms with Gasteiger partial charge in [-0.3, -0.25) is 4.79 Å². The molecule has 1 fully saturated rings. The summed E-state index contributed by atoms with van der Waals surface area (Å²) in [6.45, 7) is 4.62. The van der Waals surface area contributed by atoms with Crippen LogP contribution in [0.1, 0.15) is 19.8 Å². The van der Waals surface area contributed by atoms with Crippen LogP contribution in [-0.4, -0.2) is 25.5 Å². The van der Waals surface area contributed by atoms with Gasteiger partial charge < -0.3 is 10.6 Å². The van der Waals surface area contributed by atoms with Gasteiger partial charge in [-0.05, 0) is 26.3 Å². The molecule has 4 heteroatoms. The van der Waals surface area contributed by atoms with Gasteiger partial charge in [-0.25, -0.2) is 0 Å². The SMILES string of the molecule is CCNC(=O)[C@@H]1CCCNC1.Cl. The molecule has 0 unspecified atom stereocenters. The van der Waals surface area contributed by atoms with Gasteiger partial charge in [0.1, 0.15) is 0 Å². The first kappa shape index (κ1) is 11.7. The molecule has 0 aliphatic carbocycles. The van der Waals surface area contributed by atoms with E-state index < -0.39 is 0 Å². The molecule has 1 saturated heterocycles. The first-order valence-electron chi connectivity index (χ1n) is 4.33. The van der Waals surface area contributed by atoms with E-state index in [4.69, 9.17) is 0 Å². The van der Waals surface area contributed by atoms with E-state index in [1.54, 1.807) is 0 Å². The highest BCUT2D eigenvalue weighted by Gasteiger charge is 2.19. The monoisotopic (exact) mass is 192 g/mol. The van der Waals surface area contributed by atoms with Crippen LogP contribution in [0.15, 0.2) is 0 Å². The lowest BCUT2D eigenvalue weighted by Crippen LogP contribution is -2.40. The van der Waals surface area contributed by atoms with Crippen molar-refractivity contribution < 1.29 is 4.79 Å². The lowest BCUT2D eigenvalue weighted by Gasteiger charge is -2.21. The Balaban J connectivity index is 0.00000121. The van der Waals surface area contributed by atoms with Crippen LogP contribution >= 0.6 is 12.4 Å². The molecule has 0 bridgehead atoms. The Morgan fingerprint density at radius 1 is 1.67 bits per heavy atom. The van der Waals surface area contributed by atoms with Gasteiger partial charge in [-0.2, -0.15) is 0 Å². The minimum absolute atomic E-state index is 0. The van der Waals surface area contributed by atoms with Gasteiger partial charge >= 0.3 is 0 Å². The van der Waals surface area contributed by atoms with Gasteiger partial charge in [0.2, 0.25) is 5.91 Å². The zero-order valence-corrected chi connectivity index (χ0v) is 8.25. The number of nitrogens with one attached hydrogen (secondary N) is 2. The summed E-state index contributed by atoms with van der Waals surface area (Å²) in [6, 6.07) is 0. The highest BCUT2D eigenvalue weighted by atomic mass is 35.5. The van der Waals surface area contributed by atoms with E-state index in [9.17, 15) is 4.79 Å². The van der Waals surface area contributed by atoms with E-state index in [2.05, 4.69) is 10.6 Å². The van der Waals surface area contributed by atoms with Crippen LogP contribution < -0.4 is 10.6 Å². The Kier molecular flexibility index (Phi) is 6.11. The summed E-state index contributed by atoms with van der Waals surface area (Å²) in [4.78, 5) is 11.2. The second kappa shape index (κ2) is 6.26. The fraction of sp³-hybridized carbons (Fsp3) is 0.875. The summed E-state index contributed by atoms with van der Waals surface area (Å²) in [6.07, 6.45) is 2.17. The summed E-state index contributed by atoms with van der Waals surface area (Å²) in [5.74, 6) is 0.420. The molecular formula is C8H17ClN2O. The normalized spacial score (nSPS) is 22.6. The van der Waals surface area contributed by atoms with Crippen molar-refractivity contribution in [2.45, 2.75) is 19.8 Å². The number of amides is 1. The number of hydrogen-bond donors (Lipinski definition) is 2. The van der Waals surface area contributed by atoms with E-state index in [-0.39, 0.29) is 24.2 Å². The molecule has 0 aromatic rings. The van der Waals surface area contributed by atoms with Gasteiger partial charge in [-0.15, -0.1) is 12.4 Å². The molecule has 0 radical (unpaired) electrons. The maximum absolute atomic E-state index is 11.2. The smallest absolute Gasteiger partial charge is 0.224 e. The van der Waals surface area contributed by atoms with E-state index >= 15 is 0 Å². The third-order valence-electron chi connectivity index (χ3n) is 2.02. The maximum Gasteiger partial charge on any atom is 0.224 e. The van der Waals surface area contributed by atoms with Crippen molar-refractivity contribution in [3.8, 4) is 0 Å². The van der Waals surface area contributed by atoms with Crippen LogP contribution in [0.5, 0.6) is 0 Å². The molecular weight excluding hydrogens is 176 g/mol. The van der Waals surface area contributed by atoms with Gasteiger partial charge in [0, 0.05) is 13.1 Å². The molecule has 2 N–H and O–H groups in total. The molecule has 12 heavy (non-hydrogen) atoms. The standard InChI is InChI=1S/C8H16N2O.ClH/c1-2-10-8(11)7-4-3-5-9-6-7;/h7,9H,2-6H2,1H3,(H,10,11);1H/t7-;/m1./s1. The second-order valence-corrected chi connectivity index (χ2v) is 2.94. The molecule has 0 spiro atoms. The van der Waals surface area contributed by atoms with E-state index in [1.165, 1.54) is 0 Å². The molecule has 3 nitrogen and oxygen atoms in total. The lowest BCUT2D eigenvalue weighted by molar-refractivity contribution is -0.125. The minimum atomic E-state index is 0. The Hall–Kier alpha value is -0.280. The molecule has 1 aliphatic rings. The molecule has 0 aromatic carbocycles. The van der Waals surface area contributed by atoms with Crippen molar-refractivity contribution in [1.82, 2.24) is 10.6 Å². The molecule has 1 atom stereocenters. The zero-order chi connectivity index (χ0) is 8.10. The molecule has 1 rings (SSSR count). The Morgan fingerprint density at radius 2 is 2.42 bits per heavy atom. The van der Waals surface area contributed by atoms with E-state index in [0.29, 0.717) is 0 Å². The van der Waals surface area contributed by atoms with Gasteiger partial charge in [0.25, 0.3) is 0 Å². The van der Waals surface area contributed by atoms with Crippen LogP contribution in [0.4, 0.5) is 0 Å². The summed E-state index contributed by atoms with van der Waals surface area (Å²) in [5.41, 5.74) is 0. The number of carbonyl (C=O) groups excluding carboxylic acids is 1. The molecule has 1 aliphatic heterocycles. The lowest BCUT2D eigenvalue weighted by atomic mass is 9.99. The zero-order valence-electron chi connectivity index (χ0n) is 7.43. The fourth-order valence-corrected chi connectivity index (χ4v) is 1.39. The van der Waals surface area contributed by atoms with E-state index in [0.717, 1.165) is 32.5 Å². The fourth-order valence-electron chi connectivity index (χ4n) is 1.39. The Morgan fingerprint density at radius 3 is 2.92 bits per heavy atom. The van der Waals surface area contributed by atoms with Crippen molar-refractivity contribution in [1.29, 1.82) is 0 Å². The average molecular weight is 193 g/mol. The van der Waals surface area contributed by atoms with Gasteiger partial charge in [-0.1, -0.05) is 0 Å². The maximum atomic E-state index is 11.2. The first-order chi connectivity index (χ1) is 5.34. The first-order valence-corrected chi connectivity index (χ1v) is 4.33. The topological polar surface area (TPSA) is 41.1 Å². The summed E-state index contributed by atoms with van der Waals surface area (Å²) >= 11 is 0. The largest absolute Gasteiger partial charge is 0.356 e. The molecule has 0 aromatic heterocycles. The van der Waals surface area contributed by atoms with Crippen LogP contribution in [0, 0.1) is 5.92 Å². The highest BCUT2D eigenvalue weighted by Crippen LogP contribution is 2.08. The molecule has 72 valence electrons. The number of carbonyl (C=O) groups is 1. The summed E-state index contributed by atoms with van der Waals surface area (Å²) < 4.78 is 0. The van der Waals surface area contributed by atoms with Crippen molar-refractivity contribution in [2.75, 3.05) is 19.6 Å². The molecule has 0 saturated carbocycles. The van der Waals surface area contributed by atoms with E-state index in [1.807, 2.05) is 6.92 Å². The minimum Gasteiger partial charge on any atom is -0.356 e. The number of rotatable bonds is 2. The number of hydrogen-bond acceptors (Lipinski definition) is 2. The predicted octanol–water partition coefficient (Wildman–Crippen LogP) is 0.544. The third-order valence-corrected chi connectivity index (χ3v) is 2.02. The van der Waals surface area contributed by atoms with Crippen LogP contribution in [-0.2, 0) is 4.79 Å². The summed E-state index contributed by atoms with van der Waals surface area (Å²) in [7, 11) is 0. The van der Waals surface area contributed by atoms with Crippen molar-refractivity contribution in [3.63, 3.8) is 0 Å². The molecule has 1 heterocycles. The van der Waals surface area contributed by atoms with Crippen molar-refractivity contribution in [2.24, 2.45) is 5.92 Å². The third kappa shape index (κ3) is 3.41. The van der Waals surface area contributed by atoms with Crippen LogP contribution in [0.2, 0.25) is 0 Å². The Labute approximate surface area is 79.7 Å². The van der Waals surface area contributed by atoms with Crippen LogP contribution in [0.3, 0.4) is 0 Å². The van der Waals surface area contributed by atoms with Crippen molar-refractivity contribution >= 4 is 18.3 Å². The predicted molar refractivity (Wildman–Crippen MR) is 51.5 cm³/mol. The van der Waals surface area contributed by atoms with Gasteiger partial charge in [0.05, 0.1) is 5.92 Å². The summed E-state index contributed by atoms with van der Waals surface area (Å²) in [5, 5.41) is 6.05. The van der Waals surface area contributed by atoms with Crippen LogP contribution in [0.25, 0.3) is 0 Å². The second-order valence-electron chi connectivity index (χ2n) is 2.94. The Bertz CT molecular complexity index is 135. The van der Waals surface area contributed by atoms with Gasteiger partial charge in [0.15, 0.2) is 0 Å². The number of piperidine rings is 1. The average Bonchev–Trinajstić information content (AvgIpc) is 2.07. The highest BCUT2D eigenvalue weighted by molar-refractivity contribution is 5.85. The van der Waals surface area contributed by atoms with Crippen molar-refractivity contribution in [3.05, 3.63) is 0 Å². The quantitative estimate of drug-likeness (QED) is 0.671. The number of halogens is 1. The molecule has 1 amide bonds.